The lowest BCUT2D eigenvalue weighted by Crippen LogP contribution is -2.73. The van der Waals surface area contributed by atoms with Gasteiger partial charge in [-0.1, -0.05) is 42.5 Å². The molecule has 0 radical (unpaired) electrons. The molecule has 0 unspecified atom stereocenters. The molecule has 1 aliphatic rings. The van der Waals surface area contributed by atoms with Crippen molar-refractivity contribution in [2.75, 3.05) is 31.6 Å². The summed E-state index contributed by atoms with van der Waals surface area (Å²) in [5, 5.41) is 3.06. The van der Waals surface area contributed by atoms with Gasteiger partial charge in [-0.25, -0.2) is 9.59 Å². The number of quaternary nitrogens is 1. The molecule has 1 saturated carbocycles. The van der Waals surface area contributed by atoms with Gasteiger partial charge in [-0.2, -0.15) is 0 Å². The third kappa shape index (κ3) is 5.40. The van der Waals surface area contributed by atoms with E-state index in [2.05, 4.69) is 5.32 Å². The molecule has 1 fully saturated rings. The molecule has 0 atom stereocenters. The number of benzene rings is 2. The van der Waals surface area contributed by atoms with Crippen LogP contribution >= 0.6 is 0 Å². The number of esters is 2. The summed E-state index contributed by atoms with van der Waals surface area (Å²) in [6.07, 6.45) is 2.26. The van der Waals surface area contributed by atoms with E-state index in [1.54, 1.807) is 19.1 Å². The third-order valence-corrected chi connectivity index (χ3v) is 7.40. The normalized spacial score (nSPS) is 14.5. The van der Waals surface area contributed by atoms with Gasteiger partial charge in [0, 0.05) is 12.8 Å². The summed E-state index contributed by atoms with van der Waals surface area (Å²) in [6, 6.07) is 14.9. The first-order valence-electron chi connectivity index (χ1n) is 12.5. The molecule has 1 amide bonds. The summed E-state index contributed by atoms with van der Waals surface area (Å²) < 4.78 is 11.1. The Kier molecular flexibility index (Phi) is 8.67. The highest BCUT2D eigenvalue weighted by atomic mass is 16.5. The van der Waals surface area contributed by atoms with E-state index in [4.69, 9.17) is 9.47 Å². The number of likely N-dealkylation sites (N-methyl/N-ethyl adjacent to an activating group) is 1. The van der Waals surface area contributed by atoms with Crippen LogP contribution < -0.4 is 5.32 Å². The average Bonchev–Trinajstić information content (AvgIpc) is 2.83. The number of hydrogen-bond acceptors (Lipinski definition) is 5. The van der Waals surface area contributed by atoms with Crippen molar-refractivity contribution in [2.24, 2.45) is 0 Å². The van der Waals surface area contributed by atoms with Crippen LogP contribution in [0.15, 0.2) is 48.5 Å². The number of amides is 1. The van der Waals surface area contributed by atoms with Crippen LogP contribution in [0.1, 0.15) is 61.5 Å². The van der Waals surface area contributed by atoms with Crippen molar-refractivity contribution < 1.29 is 28.3 Å². The highest BCUT2D eigenvalue weighted by Gasteiger charge is 2.60. The van der Waals surface area contributed by atoms with Gasteiger partial charge >= 0.3 is 11.9 Å². The molecule has 0 heterocycles. The molecule has 3 rings (SSSR count). The zero-order valence-electron chi connectivity index (χ0n) is 21.3. The quantitative estimate of drug-likeness (QED) is 0.374. The van der Waals surface area contributed by atoms with E-state index in [9.17, 15) is 14.4 Å². The first-order valence-corrected chi connectivity index (χ1v) is 12.5. The van der Waals surface area contributed by atoms with Crippen LogP contribution in [0.3, 0.4) is 0 Å². The van der Waals surface area contributed by atoms with E-state index in [0.29, 0.717) is 41.7 Å². The highest BCUT2D eigenvalue weighted by molar-refractivity contribution is 6.05. The lowest BCUT2D eigenvalue weighted by atomic mass is 9.72. The number of carbonyl (C=O) groups excluding carboxylic acids is 3. The molecule has 2 aromatic carbocycles. The average molecular weight is 482 g/mol. The van der Waals surface area contributed by atoms with Gasteiger partial charge in [0.1, 0.15) is 6.61 Å². The van der Waals surface area contributed by atoms with Crippen molar-refractivity contribution in [3.05, 3.63) is 65.2 Å². The van der Waals surface area contributed by atoms with Gasteiger partial charge in [0.15, 0.2) is 12.1 Å². The maximum absolute atomic E-state index is 13.9. The summed E-state index contributed by atoms with van der Waals surface area (Å²) in [5.41, 5.74) is 1.76. The Morgan fingerprint density at radius 2 is 1.63 bits per heavy atom. The van der Waals surface area contributed by atoms with Gasteiger partial charge in [-0.05, 0) is 51.3 Å². The molecule has 1 aliphatic carbocycles. The van der Waals surface area contributed by atoms with Crippen molar-refractivity contribution in [1.29, 1.82) is 0 Å². The SMILES string of the molecule is CCOC(=O)c1cccc(C)c1NC(=O)C1([N+](CC)(CC)CC(=O)OCc2ccccc2)CCC1. The lowest BCUT2D eigenvalue weighted by Gasteiger charge is -2.55. The van der Waals surface area contributed by atoms with Gasteiger partial charge in [-0.3, -0.25) is 4.79 Å². The number of hydrogen-bond donors (Lipinski definition) is 1. The van der Waals surface area contributed by atoms with E-state index in [0.717, 1.165) is 17.5 Å². The molecular formula is C28H37N2O5+. The van der Waals surface area contributed by atoms with Crippen LogP contribution in [0.2, 0.25) is 0 Å². The van der Waals surface area contributed by atoms with Crippen LogP contribution in [0.25, 0.3) is 0 Å². The Labute approximate surface area is 208 Å². The minimum atomic E-state index is -0.760. The number of anilines is 1. The van der Waals surface area contributed by atoms with Crippen molar-refractivity contribution in [3.63, 3.8) is 0 Å². The van der Waals surface area contributed by atoms with Crippen LogP contribution in [0.4, 0.5) is 5.69 Å². The predicted octanol–water partition coefficient (Wildman–Crippen LogP) is 4.63. The Balaban J connectivity index is 1.84. The predicted molar refractivity (Wildman–Crippen MR) is 135 cm³/mol. The molecule has 2 aromatic rings. The molecule has 7 heteroatoms. The number of carbonyl (C=O) groups is 3. The molecule has 1 N–H and O–H groups in total. The summed E-state index contributed by atoms with van der Waals surface area (Å²) in [5.74, 6) is -0.951. The Hall–Kier alpha value is -3.19. The van der Waals surface area contributed by atoms with Gasteiger partial charge in [0.25, 0.3) is 5.91 Å². The fraction of sp³-hybridized carbons (Fsp3) is 0.464. The van der Waals surface area contributed by atoms with E-state index in [-0.39, 0.29) is 31.6 Å². The second-order valence-corrected chi connectivity index (χ2v) is 9.14. The second-order valence-electron chi connectivity index (χ2n) is 9.14. The summed E-state index contributed by atoms with van der Waals surface area (Å²) in [6.45, 7) is 9.43. The monoisotopic (exact) mass is 481 g/mol. The number of ether oxygens (including phenoxy) is 2. The minimum absolute atomic E-state index is 0.117. The van der Waals surface area contributed by atoms with E-state index < -0.39 is 11.5 Å². The molecule has 0 spiro atoms. The van der Waals surface area contributed by atoms with Gasteiger partial charge < -0.3 is 19.3 Å². The fourth-order valence-corrected chi connectivity index (χ4v) is 5.11. The van der Waals surface area contributed by atoms with Crippen molar-refractivity contribution in [2.45, 2.75) is 59.1 Å². The first-order chi connectivity index (χ1) is 16.8. The standard InChI is InChI=1S/C28H36N2O5/c1-5-30(6-2,19-24(31)35-20-22-14-9-8-10-15-22)28(17-12-18-28)27(33)29-25-21(4)13-11-16-23(25)26(32)34-7-3/h8-11,13-16H,5-7,12,17-20H2,1-4H3/p+1. The van der Waals surface area contributed by atoms with E-state index in [1.165, 1.54) is 0 Å². The largest absolute Gasteiger partial charge is 0.462 e. The van der Waals surface area contributed by atoms with Crippen molar-refractivity contribution >= 4 is 23.5 Å². The number of para-hydroxylation sites is 1. The minimum Gasteiger partial charge on any atom is -0.462 e. The van der Waals surface area contributed by atoms with E-state index >= 15 is 0 Å². The number of aryl methyl sites for hydroxylation is 1. The Morgan fingerprint density at radius 3 is 2.20 bits per heavy atom. The van der Waals surface area contributed by atoms with Gasteiger partial charge in [0.2, 0.25) is 0 Å². The van der Waals surface area contributed by atoms with Gasteiger partial charge in [0.05, 0.1) is 30.9 Å². The lowest BCUT2D eigenvalue weighted by molar-refractivity contribution is -0.963. The number of rotatable bonds is 11. The fourth-order valence-electron chi connectivity index (χ4n) is 5.11. The number of nitrogens with one attached hydrogen (secondary N) is 1. The molecule has 188 valence electrons. The summed E-state index contributed by atoms with van der Waals surface area (Å²) in [7, 11) is 0. The molecule has 35 heavy (non-hydrogen) atoms. The molecule has 0 aliphatic heterocycles. The van der Waals surface area contributed by atoms with Crippen molar-refractivity contribution in [1.82, 2.24) is 0 Å². The third-order valence-electron chi connectivity index (χ3n) is 7.40. The maximum Gasteiger partial charge on any atom is 0.362 e. The van der Waals surface area contributed by atoms with Crippen LogP contribution in [-0.2, 0) is 25.7 Å². The maximum atomic E-state index is 13.9. The topological polar surface area (TPSA) is 81.7 Å². The smallest absolute Gasteiger partial charge is 0.362 e. The van der Waals surface area contributed by atoms with Gasteiger partial charge in [-0.15, -0.1) is 0 Å². The van der Waals surface area contributed by atoms with Crippen LogP contribution in [0, 0.1) is 6.92 Å². The zero-order valence-corrected chi connectivity index (χ0v) is 21.3. The molecule has 0 aromatic heterocycles. The summed E-state index contributed by atoms with van der Waals surface area (Å²) >= 11 is 0. The molecule has 0 bridgehead atoms. The summed E-state index contributed by atoms with van der Waals surface area (Å²) in [4.78, 5) is 39.4. The van der Waals surface area contributed by atoms with Crippen LogP contribution in [-0.4, -0.2) is 54.1 Å². The Morgan fingerprint density at radius 1 is 0.943 bits per heavy atom. The molecular weight excluding hydrogens is 444 g/mol. The highest BCUT2D eigenvalue weighted by Crippen LogP contribution is 2.44. The number of nitrogens with zero attached hydrogens (tertiary/aromatic N) is 1. The molecule has 7 nitrogen and oxygen atoms in total. The molecule has 0 saturated heterocycles. The first kappa shape index (κ1) is 26.4. The zero-order chi connectivity index (χ0) is 25.5. The Bertz CT molecular complexity index is 1040. The van der Waals surface area contributed by atoms with E-state index in [1.807, 2.05) is 57.2 Å². The second kappa shape index (κ2) is 11.5. The van der Waals surface area contributed by atoms with Crippen molar-refractivity contribution in [3.8, 4) is 0 Å². The van der Waals surface area contributed by atoms with Crippen LogP contribution in [0.5, 0.6) is 0 Å².